The van der Waals surface area contributed by atoms with Crippen LogP contribution in [0.1, 0.15) is 27.1 Å². The first-order valence-corrected chi connectivity index (χ1v) is 8.73. The van der Waals surface area contributed by atoms with Crippen molar-refractivity contribution in [3.05, 3.63) is 35.4 Å². The molecule has 0 saturated carbocycles. The lowest BCUT2D eigenvalue weighted by Crippen LogP contribution is -2.46. The summed E-state index contributed by atoms with van der Waals surface area (Å²) in [5.74, 6) is -1.69. The maximum Gasteiger partial charge on any atom is 0.329 e. The number of imide groups is 1. The number of amides is 3. The summed E-state index contributed by atoms with van der Waals surface area (Å²) in [7, 11) is 1.42. The van der Waals surface area contributed by atoms with Crippen LogP contribution < -0.4 is 5.32 Å². The number of nitrogens with zero attached hydrogens (tertiary/aromatic N) is 1. The molecule has 1 aliphatic rings. The average molecular weight is 350 g/mol. The second-order valence-electron chi connectivity index (χ2n) is 5.10. The molecule has 7 nitrogen and oxygen atoms in total. The Morgan fingerprint density at radius 2 is 1.79 bits per heavy atom. The summed E-state index contributed by atoms with van der Waals surface area (Å²) < 4.78 is 4.96. The van der Waals surface area contributed by atoms with Gasteiger partial charge in [-0.2, -0.15) is 11.8 Å². The molecular formula is C16H18N2O5S. The van der Waals surface area contributed by atoms with E-state index in [0.717, 1.165) is 4.90 Å². The van der Waals surface area contributed by atoms with E-state index in [1.165, 1.54) is 18.8 Å². The van der Waals surface area contributed by atoms with E-state index < -0.39 is 36.3 Å². The van der Waals surface area contributed by atoms with E-state index in [2.05, 4.69) is 5.32 Å². The summed E-state index contributed by atoms with van der Waals surface area (Å²) in [5.41, 5.74) is 0.548. The van der Waals surface area contributed by atoms with Crippen molar-refractivity contribution in [2.75, 3.05) is 25.7 Å². The lowest BCUT2D eigenvalue weighted by molar-refractivity contribution is -0.152. The van der Waals surface area contributed by atoms with Gasteiger partial charge < -0.3 is 10.1 Å². The number of thioether (sulfide) groups is 1. The van der Waals surface area contributed by atoms with E-state index in [4.69, 9.17) is 4.74 Å². The van der Waals surface area contributed by atoms with Crippen LogP contribution in [0.3, 0.4) is 0 Å². The highest BCUT2D eigenvalue weighted by atomic mass is 32.2. The molecule has 0 aromatic heterocycles. The molecule has 1 N–H and O–H groups in total. The molecule has 24 heavy (non-hydrogen) atoms. The number of benzene rings is 1. The van der Waals surface area contributed by atoms with Crippen LogP contribution in [0.15, 0.2) is 24.3 Å². The van der Waals surface area contributed by atoms with Crippen molar-refractivity contribution in [3.63, 3.8) is 0 Å². The SMILES string of the molecule is CNC(=O)COC(=O)[C@H](CCSC)N1C(=O)c2ccccc2C1=O. The van der Waals surface area contributed by atoms with Crippen LogP contribution in [0.2, 0.25) is 0 Å². The summed E-state index contributed by atoms with van der Waals surface area (Å²) in [5, 5.41) is 2.34. The number of hydrogen-bond donors (Lipinski definition) is 1. The van der Waals surface area contributed by atoms with Crippen molar-refractivity contribution in [2.24, 2.45) is 0 Å². The first-order chi connectivity index (χ1) is 11.5. The number of ether oxygens (including phenoxy) is 1. The highest BCUT2D eigenvalue weighted by Gasteiger charge is 2.43. The number of hydrogen-bond acceptors (Lipinski definition) is 6. The highest BCUT2D eigenvalue weighted by Crippen LogP contribution is 2.26. The van der Waals surface area contributed by atoms with Crippen LogP contribution in [0, 0.1) is 0 Å². The molecule has 1 atom stereocenters. The molecule has 0 aliphatic carbocycles. The number of carbonyl (C=O) groups is 4. The lowest BCUT2D eigenvalue weighted by Gasteiger charge is -2.24. The zero-order valence-electron chi connectivity index (χ0n) is 13.4. The third-order valence-corrected chi connectivity index (χ3v) is 4.27. The van der Waals surface area contributed by atoms with Crippen molar-refractivity contribution in [1.82, 2.24) is 10.2 Å². The molecule has 1 heterocycles. The van der Waals surface area contributed by atoms with Gasteiger partial charge in [0.2, 0.25) is 0 Å². The molecule has 128 valence electrons. The van der Waals surface area contributed by atoms with E-state index in [1.807, 2.05) is 6.26 Å². The van der Waals surface area contributed by atoms with Gasteiger partial charge in [-0.15, -0.1) is 0 Å². The first kappa shape index (κ1) is 18.0. The Balaban J connectivity index is 2.22. The largest absolute Gasteiger partial charge is 0.454 e. The van der Waals surface area contributed by atoms with E-state index in [1.54, 1.807) is 24.3 Å². The Morgan fingerprint density at radius 1 is 1.21 bits per heavy atom. The highest BCUT2D eigenvalue weighted by molar-refractivity contribution is 7.98. The molecule has 2 rings (SSSR count). The van der Waals surface area contributed by atoms with Crippen LogP contribution in [0.5, 0.6) is 0 Å². The molecule has 0 fully saturated rings. The standard InChI is InChI=1S/C16H18N2O5S/c1-17-13(19)9-23-16(22)12(7-8-24-2)18-14(20)10-5-3-4-6-11(10)15(18)21/h3-6,12H,7-9H2,1-2H3,(H,17,19)/t12-/m0/s1. The van der Waals surface area contributed by atoms with Crippen LogP contribution in [-0.2, 0) is 14.3 Å². The second kappa shape index (κ2) is 7.96. The zero-order chi connectivity index (χ0) is 17.7. The number of nitrogens with one attached hydrogen (secondary N) is 1. The quantitative estimate of drug-likeness (QED) is 0.575. The molecule has 0 radical (unpaired) electrons. The number of rotatable bonds is 7. The van der Waals surface area contributed by atoms with E-state index in [0.29, 0.717) is 5.75 Å². The minimum atomic E-state index is -1.05. The molecule has 1 aliphatic heterocycles. The number of esters is 1. The molecule has 0 bridgehead atoms. The fraction of sp³-hybridized carbons (Fsp3) is 0.375. The van der Waals surface area contributed by atoms with Crippen molar-refractivity contribution in [3.8, 4) is 0 Å². The number of fused-ring (bicyclic) bond motifs is 1. The lowest BCUT2D eigenvalue weighted by atomic mass is 10.1. The minimum Gasteiger partial charge on any atom is -0.454 e. The smallest absolute Gasteiger partial charge is 0.329 e. The Hall–Kier alpha value is -2.35. The monoisotopic (exact) mass is 350 g/mol. The minimum absolute atomic E-state index is 0.263. The molecule has 0 spiro atoms. The van der Waals surface area contributed by atoms with Gasteiger partial charge in [0.05, 0.1) is 11.1 Å². The van der Waals surface area contributed by atoms with Crippen LogP contribution in [0.4, 0.5) is 0 Å². The molecular weight excluding hydrogens is 332 g/mol. The molecule has 0 unspecified atom stereocenters. The Labute approximate surface area is 143 Å². The van der Waals surface area contributed by atoms with Gasteiger partial charge in [-0.25, -0.2) is 4.79 Å². The Kier molecular flexibility index (Phi) is 5.97. The van der Waals surface area contributed by atoms with Gasteiger partial charge in [0.1, 0.15) is 6.04 Å². The average Bonchev–Trinajstić information content (AvgIpc) is 2.85. The summed E-state index contributed by atoms with van der Waals surface area (Å²) in [6.45, 7) is -0.450. The predicted octanol–water partition coefficient (Wildman–Crippen LogP) is 0.694. The molecule has 1 aromatic rings. The topological polar surface area (TPSA) is 92.8 Å². The summed E-state index contributed by atoms with van der Waals surface area (Å²) in [4.78, 5) is 49.6. The van der Waals surface area contributed by atoms with Gasteiger partial charge in [-0.05, 0) is 30.6 Å². The molecule has 8 heteroatoms. The van der Waals surface area contributed by atoms with Crippen LogP contribution >= 0.6 is 11.8 Å². The third kappa shape index (κ3) is 3.59. The summed E-state index contributed by atoms with van der Waals surface area (Å²) >= 11 is 1.49. The second-order valence-corrected chi connectivity index (χ2v) is 6.09. The van der Waals surface area contributed by atoms with Crippen LogP contribution in [-0.4, -0.2) is 60.3 Å². The summed E-state index contributed by atoms with van der Waals surface area (Å²) in [6, 6.07) is 5.38. The van der Waals surface area contributed by atoms with Crippen molar-refractivity contribution in [1.29, 1.82) is 0 Å². The van der Waals surface area contributed by atoms with Gasteiger partial charge in [0, 0.05) is 7.05 Å². The zero-order valence-corrected chi connectivity index (χ0v) is 14.2. The van der Waals surface area contributed by atoms with Gasteiger partial charge in [-0.3, -0.25) is 19.3 Å². The Morgan fingerprint density at radius 3 is 2.29 bits per heavy atom. The first-order valence-electron chi connectivity index (χ1n) is 7.34. The van der Waals surface area contributed by atoms with Crippen molar-refractivity contribution in [2.45, 2.75) is 12.5 Å². The molecule has 3 amide bonds. The van der Waals surface area contributed by atoms with E-state index >= 15 is 0 Å². The maximum absolute atomic E-state index is 12.5. The molecule has 1 aromatic carbocycles. The third-order valence-electron chi connectivity index (χ3n) is 3.63. The maximum atomic E-state index is 12.5. The fourth-order valence-corrected chi connectivity index (χ4v) is 2.84. The summed E-state index contributed by atoms with van der Waals surface area (Å²) in [6.07, 6.45) is 2.12. The Bertz CT molecular complexity index is 641. The normalized spacial score (nSPS) is 14.3. The van der Waals surface area contributed by atoms with Gasteiger partial charge in [0.15, 0.2) is 6.61 Å². The predicted molar refractivity (Wildman–Crippen MR) is 88.8 cm³/mol. The van der Waals surface area contributed by atoms with Crippen molar-refractivity contribution >= 4 is 35.5 Å². The molecule has 0 saturated heterocycles. The number of carbonyl (C=O) groups excluding carboxylic acids is 4. The number of likely N-dealkylation sites (N-methyl/N-ethyl adjacent to an activating group) is 1. The van der Waals surface area contributed by atoms with Gasteiger partial charge >= 0.3 is 5.97 Å². The van der Waals surface area contributed by atoms with E-state index in [9.17, 15) is 19.2 Å². The van der Waals surface area contributed by atoms with Crippen molar-refractivity contribution < 1.29 is 23.9 Å². The van der Waals surface area contributed by atoms with E-state index in [-0.39, 0.29) is 17.5 Å². The van der Waals surface area contributed by atoms with Gasteiger partial charge in [0.25, 0.3) is 17.7 Å². The fourth-order valence-electron chi connectivity index (χ4n) is 2.38. The van der Waals surface area contributed by atoms with Crippen LogP contribution in [0.25, 0.3) is 0 Å². The van der Waals surface area contributed by atoms with Gasteiger partial charge in [-0.1, -0.05) is 12.1 Å².